The van der Waals surface area contributed by atoms with Crippen LogP contribution >= 0.6 is 0 Å². The van der Waals surface area contributed by atoms with Crippen LogP contribution in [0, 0.1) is 0 Å². The van der Waals surface area contributed by atoms with E-state index in [1.54, 1.807) is 6.92 Å². The Morgan fingerprint density at radius 2 is 1.67 bits per heavy atom. The topological polar surface area (TPSA) is 127 Å². The lowest BCUT2D eigenvalue weighted by atomic mass is 10.1. The second kappa shape index (κ2) is 10.4. The van der Waals surface area contributed by atoms with Crippen LogP contribution in [0.1, 0.15) is 24.2 Å². The SMILES string of the molecule is CCNC(=O)[C@@H](NC(=O)c1ccc(N=Nc2ccc(N(C)C)cc2)cc1O)[C@@H](C)O. The molecule has 0 aliphatic rings. The Balaban J connectivity index is 2.11. The molecule has 0 aliphatic heterocycles. The molecule has 0 unspecified atom stereocenters. The van der Waals surface area contributed by atoms with Crippen LogP contribution < -0.4 is 15.5 Å². The number of rotatable bonds is 8. The zero-order chi connectivity index (χ0) is 22.3. The van der Waals surface area contributed by atoms with Crippen molar-refractivity contribution in [1.29, 1.82) is 0 Å². The Morgan fingerprint density at radius 1 is 1.07 bits per heavy atom. The molecule has 9 nitrogen and oxygen atoms in total. The molecule has 2 aromatic carbocycles. The highest BCUT2D eigenvalue weighted by atomic mass is 16.3. The van der Waals surface area contributed by atoms with Gasteiger partial charge >= 0.3 is 0 Å². The van der Waals surface area contributed by atoms with Crippen molar-refractivity contribution >= 4 is 28.9 Å². The fourth-order valence-electron chi connectivity index (χ4n) is 2.62. The van der Waals surface area contributed by atoms with Gasteiger partial charge in [-0.15, -0.1) is 0 Å². The van der Waals surface area contributed by atoms with Gasteiger partial charge in [-0.25, -0.2) is 0 Å². The molecular weight excluding hydrogens is 386 g/mol. The van der Waals surface area contributed by atoms with Crippen LogP contribution in [-0.4, -0.2) is 54.8 Å². The third kappa shape index (κ3) is 6.02. The normalized spacial score (nSPS) is 13.0. The first-order valence-corrected chi connectivity index (χ1v) is 9.51. The van der Waals surface area contributed by atoms with Gasteiger partial charge in [0.15, 0.2) is 0 Å². The summed E-state index contributed by atoms with van der Waals surface area (Å²) in [5, 5.41) is 33.2. The van der Waals surface area contributed by atoms with Gasteiger partial charge in [0, 0.05) is 32.4 Å². The lowest BCUT2D eigenvalue weighted by Gasteiger charge is -2.20. The first kappa shape index (κ1) is 22.8. The average Bonchev–Trinajstić information content (AvgIpc) is 2.70. The summed E-state index contributed by atoms with van der Waals surface area (Å²) in [6.45, 7) is 3.49. The Bertz CT molecular complexity index is 910. The van der Waals surface area contributed by atoms with Gasteiger partial charge in [0.2, 0.25) is 5.91 Å². The number of nitrogens with one attached hydrogen (secondary N) is 2. The van der Waals surface area contributed by atoms with Gasteiger partial charge in [0.1, 0.15) is 11.8 Å². The summed E-state index contributed by atoms with van der Waals surface area (Å²) in [7, 11) is 3.88. The number of anilines is 1. The van der Waals surface area contributed by atoms with E-state index < -0.39 is 24.0 Å². The maximum atomic E-state index is 12.4. The highest BCUT2D eigenvalue weighted by molar-refractivity contribution is 6.00. The highest BCUT2D eigenvalue weighted by Crippen LogP contribution is 2.26. The third-order valence-electron chi connectivity index (χ3n) is 4.28. The number of phenolic OH excluding ortho intramolecular Hbond substituents is 1. The molecule has 2 atom stereocenters. The van der Waals surface area contributed by atoms with Crippen molar-refractivity contribution in [3.05, 3.63) is 48.0 Å². The molecule has 2 aromatic rings. The Hall–Kier alpha value is -3.46. The van der Waals surface area contributed by atoms with Crippen molar-refractivity contribution in [2.75, 3.05) is 25.5 Å². The van der Waals surface area contributed by atoms with Crippen LogP contribution in [0.3, 0.4) is 0 Å². The summed E-state index contributed by atoms with van der Waals surface area (Å²) < 4.78 is 0. The minimum absolute atomic E-state index is 0.0424. The number of benzene rings is 2. The van der Waals surface area contributed by atoms with Gasteiger partial charge in [0.05, 0.1) is 23.0 Å². The molecule has 4 N–H and O–H groups in total. The molecule has 0 radical (unpaired) electrons. The maximum Gasteiger partial charge on any atom is 0.255 e. The second-order valence-electron chi connectivity index (χ2n) is 6.90. The maximum absolute atomic E-state index is 12.4. The van der Waals surface area contributed by atoms with Crippen molar-refractivity contribution in [1.82, 2.24) is 10.6 Å². The number of hydrogen-bond donors (Lipinski definition) is 4. The number of nitrogens with zero attached hydrogens (tertiary/aromatic N) is 3. The minimum Gasteiger partial charge on any atom is -0.507 e. The molecule has 2 rings (SSSR count). The number of amides is 2. The number of likely N-dealkylation sites (N-methyl/N-ethyl adjacent to an activating group) is 1. The molecular formula is C21H27N5O4. The van der Waals surface area contributed by atoms with E-state index in [0.29, 0.717) is 17.9 Å². The Kier molecular flexibility index (Phi) is 7.88. The van der Waals surface area contributed by atoms with E-state index in [1.807, 2.05) is 43.3 Å². The Morgan fingerprint density at radius 3 is 2.20 bits per heavy atom. The Labute approximate surface area is 175 Å². The van der Waals surface area contributed by atoms with Gasteiger partial charge in [0.25, 0.3) is 5.91 Å². The molecule has 9 heteroatoms. The van der Waals surface area contributed by atoms with E-state index in [-0.39, 0.29) is 11.3 Å². The lowest BCUT2D eigenvalue weighted by Crippen LogP contribution is -2.52. The number of carbonyl (C=O) groups excluding carboxylic acids is 2. The van der Waals surface area contributed by atoms with Crippen molar-refractivity contribution in [2.24, 2.45) is 10.2 Å². The average molecular weight is 413 g/mol. The van der Waals surface area contributed by atoms with Gasteiger partial charge in [-0.1, -0.05) is 0 Å². The summed E-state index contributed by atoms with van der Waals surface area (Å²) in [5.74, 6) is -1.51. The molecule has 0 saturated carbocycles. The molecule has 0 saturated heterocycles. The first-order chi connectivity index (χ1) is 14.2. The highest BCUT2D eigenvalue weighted by Gasteiger charge is 2.26. The summed E-state index contributed by atoms with van der Waals surface area (Å²) in [6, 6.07) is 10.5. The number of phenols is 1. The zero-order valence-electron chi connectivity index (χ0n) is 17.5. The van der Waals surface area contributed by atoms with Crippen molar-refractivity contribution in [3.63, 3.8) is 0 Å². The molecule has 0 aromatic heterocycles. The van der Waals surface area contributed by atoms with E-state index in [0.717, 1.165) is 5.69 Å². The van der Waals surface area contributed by atoms with Crippen LogP contribution in [0.15, 0.2) is 52.7 Å². The van der Waals surface area contributed by atoms with Crippen molar-refractivity contribution in [3.8, 4) is 5.75 Å². The van der Waals surface area contributed by atoms with Gasteiger partial charge in [-0.3, -0.25) is 9.59 Å². The number of carbonyl (C=O) groups is 2. The summed E-state index contributed by atoms with van der Waals surface area (Å²) in [6.07, 6.45) is -1.10. The van der Waals surface area contributed by atoms with Crippen LogP contribution in [0.25, 0.3) is 0 Å². The van der Waals surface area contributed by atoms with E-state index in [9.17, 15) is 19.8 Å². The summed E-state index contributed by atoms with van der Waals surface area (Å²) in [5.41, 5.74) is 1.99. The lowest BCUT2D eigenvalue weighted by molar-refractivity contribution is -0.125. The largest absolute Gasteiger partial charge is 0.507 e. The molecule has 160 valence electrons. The van der Waals surface area contributed by atoms with E-state index in [4.69, 9.17) is 0 Å². The first-order valence-electron chi connectivity index (χ1n) is 9.51. The zero-order valence-corrected chi connectivity index (χ0v) is 17.5. The van der Waals surface area contributed by atoms with Crippen molar-refractivity contribution in [2.45, 2.75) is 26.0 Å². The van der Waals surface area contributed by atoms with Gasteiger partial charge in [-0.05, 0) is 50.2 Å². The summed E-state index contributed by atoms with van der Waals surface area (Å²) >= 11 is 0. The smallest absolute Gasteiger partial charge is 0.255 e. The van der Waals surface area contributed by atoms with Crippen LogP contribution in [0.4, 0.5) is 17.1 Å². The molecule has 0 bridgehead atoms. The molecule has 30 heavy (non-hydrogen) atoms. The monoisotopic (exact) mass is 413 g/mol. The van der Waals surface area contributed by atoms with Crippen LogP contribution in [0.2, 0.25) is 0 Å². The van der Waals surface area contributed by atoms with Gasteiger partial charge < -0.3 is 25.7 Å². The number of azo groups is 1. The molecule has 0 aliphatic carbocycles. The number of aliphatic hydroxyl groups excluding tert-OH is 1. The predicted molar refractivity (Wildman–Crippen MR) is 115 cm³/mol. The molecule has 2 amide bonds. The van der Waals surface area contributed by atoms with Gasteiger partial charge in [-0.2, -0.15) is 10.2 Å². The van der Waals surface area contributed by atoms with Crippen molar-refractivity contribution < 1.29 is 19.8 Å². The molecule has 0 spiro atoms. The fourth-order valence-corrected chi connectivity index (χ4v) is 2.62. The second-order valence-corrected chi connectivity index (χ2v) is 6.90. The molecule has 0 fully saturated rings. The number of hydrogen-bond acceptors (Lipinski definition) is 7. The molecule has 0 heterocycles. The van der Waals surface area contributed by atoms with E-state index in [2.05, 4.69) is 20.9 Å². The minimum atomic E-state index is -1.14. The number of aliphatic hydroxyl groups is 1. The fraction of sp³-hybridized carbons (Fsp3) is 0.333. The predicted octanol–water partition coefficient (Wildman–Crippen LogP) is 2.49. The number of aromatic hydroxyl groups is 1. The quantitative estimate of drug-likeness (QED) is 0.495. The standard InChI is InChI=1S/C21H27N5O4/c1-5-22-21(30)19(13(2)27)23-20(29)17-11-8-15(12-18(17)28)25-24-14-6-9-16(10-7-14)26(3)4/h6-13,19,27-28H,5H2,1-4H3,(H,22,30)(H,23,29)/t13-,19+/m1/s1. The third-order valence-corrected chi connectivity index (χ3v) is 4.28. The van der Waals surface area contributed by atoms with E-state index >= 15 is 0 Å². The van der Waals surface area contributed by atoms with Crippen LogP contribution in [-0.2, 0) is 4.79 Å². The summed E-state index contributed by atoms with van der Waals surface area (Å²) in [4.78, 5) is 26.4. The van der Waals surface area contributed by atoms with Crippen LogP contribution in [0.5, 0.6) is 5.75 Å². The van der Waals surface area contributed by atoms with E-state index in [1.165, 1.54) is 25.1 Å².